The summed E-state index contributed by atoms with van der Waals surface area (Å²) in [5.41, 5.74) is 4.47. The summed E-state index contributed by atoms with van der Waals surface area (Å²) in [5.74, 6) is 0. The molecular weight excluding hydrogens is 296 g/mol. The Hall–Kier alpha value is -1.21. The molecule has 0 heterocycles. The number of hydrogen-bond acceptors (Lipinski definition) is 1. The monoisotopic (exact) mass is 326 g/mol. The van der Waals surface area contributed by atoms with E-state index in [1.165, 1.54) is 28.0 Å². The van der Waals surface area contributed by atoms with Gasteiger partial charge in [-0.25, -0.2) is 0 Å². The first-order valence-electron chi connectivity index (χ1n) is 8.61. The largest absolute Gasteiger partial charge is 0.115 e. The second kappa shape index (κ2) is 7.13. The van der Waals surface area contributed by atoms with Gasteiger partial charge in [-0.05, 0) is 54.5 Å². The van der Waals surface area contributed by atoms with Gasteiger partial charge in [0, 0.05) is 9.64 Å². The maximum atomic E-state index is 2.38. The Kier molecular flexibility index (Phi) is 5.62. The van der Waals surface area contributed by atoms with Crippen molar-refractivity contribution in [1.29, 1.82) is 0 Å². The molecule has 2 aromatic rings. The van der Waals surface area contributed by atoms with Crippen molar-refractivity contribution in [2.45, 2.75) is 69.4 Å². The van der Waals surface area contributed by atoms with Crippen LogP contribution in [0.1, 0.15) is 64.7 Å². The lowest BCUT2D eigenvalue weighted by atomic mass is 9.87. The number of benzene rings is 2. The molecular formula is C22H30S. The average molecular weight is 327 g/mol. The molecule has 0 aromatic heterocycles. The van der Waals surface area contributed by atoms with Crippen LogP contribution in [0.3, 0.4) is 0 Å². The summed E-state index contributed by atoms with van der Waals surface area (Å²) in [7, 11) is 0. The normalized spacial score (nSPS) is 12.4. The third kappa shape index (κ3) is 4.88. The minimum atomic E-state index is 0.0764. The smallest absolute Gasteiger partial charge is 0.0399 e. The quantitative estimate of drug-likeness (QED) is 0.535. The van der Waals surface area contributed by atoms with Crippen LogP contribution in [-0.4, -0.2) is 0 Å². The fraction of sp³-hybridized carbons (Fsp3) is 0.455. The SMILES string of the molecule is CCCc1cccc(C(C)(C)Sc2ccc(C(C)(C)C)cc2)c1. The fourth-order valence-electron chi connectivity index (χ4n) is 2.77. The predicted molar refractivity (Wildman–Crippen MR) is 104 cm³/mol. The summed E-state index contributed by atoms with van der Waals surface area (Å²) in [6.45, 7) is 13.7. The van der Waals surface area contributed by atoms with E-state index in [0.717, 1.165) is 6.42 Å². The van der Waals surface area contributed by atoms with Crippen molar-refractivity contribution in [3.8, 4) is 0 Å². The molecule has 0 aliphatic carbocycles. The van der Waals surface area contributed by atoms with Gasteiger partial charge in [-0.3, -0.25) is 0 Å². The van der Waals surface area contributed by atoms with Gasteiger partial charge >= 0.3 is 0 Å². The Morgan fingerprint density at radius 1 is 0.826 bits per heavy atom. The molecule has 0 spiro atoms. The standard InChI is InChI=1S/C22H30S/c1-7-9-17-10-8-11-19(16-17)22(5,6)23-20-14-12-18(13-15-20)21(2,3)4/h8,10-16H,7,9H2,1-6H3. The van der Waals surface area contributed by atoms with Crippen molar-refractivity contribution >= 4 is 11.8 Å². The van der Waals surface area contributed by atoms with Gasteiger partial charge in [-0.1, -0.05) is 70.5 Å². The summed E-state index contributed by atoms with van der Waals surface area (Å²) in [4.78, 5) is 1.34. The molecule has 0 saturated carbocycles. The molecule has 0 aliphatic rings. The summed E-state index contributed by atoms with van der Waals surface area (Å²) in [6, 6.07) is 18.1. The van der Waals surface area contributed by atoms with Crippen LogP contribution in [0.4, 0.5) is 0 Å². The third-order valence-corrected chi connectivity index (χ3v) is 5.51. The van der Waals surface area contributed by atoms with E-state index in [1.807, 2.05) is 11.8 Å². The lowest BCUT2D eigenvalue weighted by molar-refractivity contribution is 0.589. The summed E-state index contributed by atoms with van der Waals surface area (Å²) in [5, 5.41) is 0. The molecule has 0 bridgehead atoms. The van der Waals surface area contributed by atoms with Gasteiger partial charge in [0.05, 0.1) is 0 Å². The number of thioether (sulfide) groups is 1. The minimum Gasteiger partial charge on any atom is -0.115 e. The Bertz CT molecular complexity index is 630. The van der Waals surface area contributed by atoms with Gasteiger partial charge in [0.1, 0.15) is 0 Å². The molecule has 2 rings (SSSR count). The maximum Gasteiger partial charge on any atom is 0.0399 e. The number of hydrogen-bond donors (Lipinski definition) is 0. The van der Waals surface area contributed by atoms with Gasteiger partial charge in [-0.2, -0.15) is 0 Å². The molecule has 0 unspecified atom stereocenters. The maximum absolute atomic E-state index is 2.38. The van der Waals surface area contributed by atoms with Crippen molar-refractivity contribution in [2.75, 3.05) is 0 Å². The minimum absolute atomic E-state index is 0.0764. The highest BCUT2D eigenvalue weighted by atomic mass is 32.2. The topological polar surface area (TPSA) is 0 Å². The Labute approximate surface area is 146 Å². The number of aryl methyl sites for hydroxylation is 1. The molecule has 124 valence electrons. The van der Waals surface area contributed by atoms with Crippen LogP contribution >= 0.6 is 11.8 Å². The molecule has 23 heavy (non-hydrogen) atoms. The highest BCUT2D eigenvalue weighted by molar-refractivity contribution is 8.00. The Morgan fingerprint density at radius 3 is 2.04 bits per heavy atom. The van der Waals surface area contributed by atoms with Crippen molar-refractivity contribution < 1.29 is 0 Å². The van der Waals surface area contributed by atoms with E-state index in [1.54, 1.807) is 0 Å². The Balaban J connectivity index is 2.19. The molecule has 0 aliphatic heterocycles. The van der Waals surface area contributed by atoms with E-state index >= 15 is 0 Å². The van der Waals surface area contributed by atoms with Crippen LogP contribution in [0.25, 0.3) is 0 Å². The first kappa shape index (κ1) is 18.1. The van der Waals surface area contributed by atoms with Gasteiger partial charge in [0.25, 0.3) is 0 Å². The van der Waals surface area contributed by atoms with Crippen molar-refractivity contribution in [3.05, 3.63) is 65.2 Å². The lowest BCUT2D eigenvalue weighted by Gasteiger charge is -2.26. The zero-order chi connectivity index (χ0) is 17.1. The molecule has 0 N–H and O–H groups in total. The molecule has 0 nitrogen and oxygen atoms in total. The molecule has 0 atom stereocenters. The fourth-order valence-corrected chi connectivity index (χ4v) is 3.87. The predicted octanol–water partition coefficient (Wildman–Crippen LogP) is 6.96. The van der Waals surface area contributed by atoms with Crippen LogP contribution in [0.15, 0.2) is 53.4 Å². The second-order valence-electron chi connectivity index (χ2n) is 7.84. The first-order chi connectivity index (χ1) is 10.7. The van der Waals surface area contributed by atoms with Crippen LogP contribution in [-0.2, 0) is 16.6 Å². The van der Waals surface area contributed by atoms with Gasteiger partial charge < -0.3 is 0 Å². The zero-order valence-corrected chi connectivity index (χ0v) is 16.3. The highest BCUT2D eigenvalue weighted by Gasteiger charge is 2.22. The molecule has 0 radical (unpaired) electrons. The van der Waals surface area contributed by atoms with Crippen LogP contribution in [0.5, 0.6) is 0 Å². The van der Waals surface area contributed by atoms with Gasteiger partial charge in [-0.15, -0.1) is 11.8 Å². The van der Waals surface area contributed by atoms with E-state index in [-0.39, 0.29) is 10.2 Å². The van der Waals surface area contributed by atoms with E-state index in [9.17, 15) is 0 Å². The average Bonchev–Trinajstić information content (AvgIpc) is 2.47. The molecule has 0 saturated heterocycles. The molecule has 0 amide bonds. The molecule has 2 aromatic carbocycles. The van der Waals surface area contributed by atoms with Crippen molar-refractivity contribution in [2.24, 2.45) is 0 Å². The molecule has 0 fully saturated rings. The zero-order valence-electron chi connectivity index (χ0n) is 15.4. The molecule has 1 heteroatoms. The highest BCUT2D eigenvalue weighted by Crippen LogP contribution is 2.41. The second-order valence-corrected chi connectivity index (χ2v) is 9.53. The van der Waals surface area contributed by atoms with Crippen LogP contribution in [0, 0.1) is 0 Å². The van der Waals surface area contributed by atoms with Crippen molar-refractivity contribution in [1.82, 2.24) is 0 Å². The van der Waals surface area contributed by atoms with E-state index in [0.29, 0.717) is 0 Å². The van der Waals surface area contributed by atoms with Crippen LogP contribution < -0.4 is 0 Å². The van der Waals surface area contributed by atoms with Gasteiger partial charge in [0.2, 0.25) is 0 Å². The van der Waals surface area contributed by atoms with Crippen LogP contribution in [0.2, 0.25) is 0 Å². The van der Waals surface area contributed by atoms with E-state index < -0.39 is 0 Å². The van der Waals surface area contributed by atoms with Gasteiger partial charge in [0.15, 0.2) is 0 Å². The lowest BCUT2D eigenvalue weighted by Crippen LogP contribution is -2.13. The summed E-state index contributed by atoms with van der Waals surface area (Å²) < 4.78 is 0.0764. The Morgan fingerprint density at radius 2 is 1.48 bits per heavy atom. The van der Waals surface area contributed by atoms with E-state index in [2.05, 4.69) is 90.1 Å². The third-order valence-electron chi connectivity index (χ3n) is 4.25. The number of rotatable bonds is 5. The van der Waals surface area contributed by atoms with Crippen molar-refractivity contribution in [3.63, 3.8) is 0 Å². The summed E-state index contributed by atoms with van der Waals surface area (Å²) >= 11 is 1.95. The summed E-state index contributed by atoms with van der Waals surface area (Å²) in [6.07, 6.45) is 2.36. The first-order valence-corrected chi connectivity index (χ1v) is 9.43. The van der Waals surface area contributed by atoms with E-state index in [4.69, 9.17) is 0 Å².